The number of rotatable bonds is 2. The highest BCUT2D eigenvalue weighted by molar-refractivity contribution is 5.83. The first-order valence-electron chi connectivity index (χ1n) is 3.74. The van der Waals surface area contributed by atoms with Gasteiger partial charge in [-0.1, -0.05) is 0 Å². The molecule has 0 aliphatic carbocycles. The largest absolute Gasteiger partial charge is 0.374 e. The van der Waals surface area contributed by atoms with Gasteiger partial charge in [-0.2, -0.15) is 5.10 Å². The fourth-order valence-electron chi connectivity index (χ4n) is 1.35. The van der Waals surface area contributed by atoms with Crippen molar-refractivity contribution in [2.24, 2.45) is 7.05 Å². The van der Waals surface area contributed by atoms with Crippen molar-refractivity contribution in [3.05, 3.63) is 11.4 Å². The van der Waals surface area contributed by atoms with E-state index in [-0.39, 0.29) is 0 Å². The molecule has 0 atom stereocenters. The summed E-state index contributed by atoms with van der Waals surface area (Å²) in [5.74, 6) is 0. The summed E-state index contributed by atoms with van der Waals surface area (Å²) in [5.41, 5.74) is 2.40. The average molecular weight is 167 g/mol. The smallest absolute Gasteiger partial charge is 0.170 e. The van der Waals surface area contributed by atoms with E-state index in [2.05, 4.69) is 5.10 Å². The van der Waals surface area contributed by atoms with Gasteiger partial charge in [-0.25, -0.2) is 0 Å². The molecule has 0 N–H and O–H groups in total. The zero-order valence-corrected chi connectivity index (χ0v) is 7.83. The molecule has 0 unspecified atom stereocenters. The number of aromatic nitrogens is 2. The molecule has 0 saturated heterocycles. The molecule has 4 heteroatoms. The minimum atomic E-state index is 0.623. The lowest BCUT2D eigenvalue weighted by Gasteiger charge is -2.11. The molecule has 1 aromatic heterocycles. The van der Waals surface area contributed by atoms with E-state index in [0.717, 1.165) is 17.7 Å². The maximum absolute atomic E-state index is 10.7. The number of hydrogen-bond acceptors (Lipinski definition) is 3. The van der Waals surface area contributed by atoms with E-state index in [4.69, 9.17) is 0 Å². The highest BCUT2D eigenvalue weighted by atomic mass is 16.1. The molecule has 0 fully saturated rings. The van der Waals surface area contributed by atoms with Crippen molar-refractivity contribution >= 4 is 12.0 Å². The number of aryl methyl sites for hydroxylation is 2. The van der Waals surface area contributed by atoms with Crippen molar-refractivity contribution < 1.29 is 4.79 Å². The molecule has 0 aliphatic rings. The Morgan fingerprint density at radius 3 is 2.42 bits per heavy atom. The topological polar surface area (TPSA) is 38.1 Å². The van der Waals surface area contributed by atoms with Crippen molar-refractivity contribution in [2.75, 3.05) is 19.0 Å². The molecule has 0 amide bonds. The summed E-state index contributed by atoms with van der Waals surface area (Å²) < 4.78 is 1.59. The zero-order chi connectivity index (χ0) is 9.30. The van der Waals surface area contributed by atoms with Crippen LogP contribution in [0.3, 0.4) is 0 Å². The van der Waals surface area contributed by atoms with Gasteiger partial charge in [-0.15, -0.1) is 0 Å². The van der Waals surface area contributed by atoms with E-state index in [0.29, 0.717) is 5.69 Å². The second-order valence-corrected chi connectivity index (χ2v) is 2.96. The van der Waals surface area contributed by atoms with Crippen LogP contribution in [0.2, 0.25) is 0 Å². The number of anilines is 1. The number of hydrogen-bond donors (Lipinski definition) is 0. The molecule has 0 saturated carbocycles. The van der Waals surface area contributed by atoms with E-state index >= 15 is 0 Å². The maximum atomic E-state index is 10.7. The van der Waals surface area contributed by atoms with E-state index in [1.165, 1.54) is 0 Å². The summed E-state index contributed by atoms with van der Waals surface area (Å²) in [7, 11) is 5.57. The Morgan fingerprint density at radius 1 is 1.50 bits per heavy atom. The van der Waals surface area contributed by atoms with Gasteiger partial charge in [0.15, 0.2) is 6.29 Å². The lowest BCUT2D eigenvalue weighted by molar-refractivity contribution is 0.111. The van der Waals surface area contributed by atoms with Crippen LogP contribution in [-0.2, 0) is 7.05 Å². The van der Waals surface area contributed by atoms with Crippen molar-refractivity contribution in [3.8, 4) is 0 Å². The summed E-state index contributed by atoms with van der Waals surface area (Å²) in [4.78, 5) is 12.6. The normalized spacial score (nSPS) is 10.0. The lowest BCUT2D eigenvalue weighted by Crippen LogP contribution is -2.11. The molecule has 0 radical (unpaired) electrons. The first kappa shape index (κ1) is 8.77. The second-order valence-electron chi connectivity index (χ2n) is 2.96. The first-order chi connectivity index (χ1) is 5.57. The van der Waals surface area contributed by atoms with E-state index < -0.39 is 0 Å². The van der Waals surface area contributed by atoms with Crippen LogP contribution >= 0.6 is 0 Å². The van der Waals surface area contributed by atoms with Crippen LogP contribution in [0, 0.1) is 6.92 Å². The van der Waals surface area contributed by atoms with Crippen LogP contribution in [0.1, 0.15) is 16.2 Å². The molecule has 66 valence electrons. The summed E-state index contributed by atoms with van der Waals surface area (Å²) in [6.45, 7) is 1.89. The summed E-state index contributed by atoms with van der Waals surface area (Å²) >= 11 is 0. The van der Waals surface area contributed by atoms with Gasteiger partial charge in [0.2, 0.25) is 0 Å². The Bertz CT molecular complexity index is 301. The van der Waals surface area contributed by atoms with Crippen LogP contribution in [0.15, 0.2) is 0 Å². The van der Waals surface area contributed by atoms with Gasteiger partial charge in [-0.3, -0.25) is 9.48 Å². The third-order valence-electron chi connectivity index (χ3n) is 1.79. The molecule has 0 aliphatic heterocycles. The van der Waals surface area contributed by atoms with Crippen molar-refractivity contribution in [1.82, 2.24) is 9.78 Å². The molecule has 0 aromatic carbocycles. The standard InChI is InChI=1S/C8H13N3O/c1-6-8(10(2)3)7(5-12)11(4)9-6/h5H,1-4H3. The van der Waals surface area contributed by atoms with Gasteiger partial charge >= 0.3 is 0 Å². The van der Waals surface area contributed by atoms with Crippen molar-refractivity contribution in [1.29, 1.82) is 0 Å². The van der Waals surface area contributed by atoms with Crippen LogP contribution in [0.25, 0.3) is 0 Å². The Kier molecular flexibility index (Phi) is 2.17. The molecule has 4 nitrogen and oxygen atoms in total. The Hall–Kier alpha value is -1.32. The number of carbonyl (C=O) groups is 1. The van der Waals surface area contributed by atoms with Gasteiger partial charge in [0.25, 0.3) is 0 Å². The van der Waals surface area contributed by atoms with Crippen molar-refractivity contribution in [2.45, 2.75) is 6.92 Å². The number of nitrogens with zero attached hydrogens (tertiary/aromatic N) is 3. The van der Waals surface area contributed by atoms with Crippen LogP contribution < -0.4 is 4.90 Å². The average Bonchev–Trinajstić information content (AvgIpc) is 2.24. The molecule has 1 aromatic rings. The zero-order valence-electron chi connectivity index (χ0n) is 7.83. The van der Waals surface area contributed by atoms with Crippen molar-refractivity contribution in [3.63, 3.8) is 0 Å². The van der Waals surface area contributed by atoms with Gasteiger partial charge in [0.05, 0.1) is 11.4 Å². The summed E-state index contributed by atoms with van der Waals surface area (Å²) in [5, 5.41) is 4.15. The molecular formula is C8H13N3O. The molecular weight excluding hydrogens is 154 g/mol. The van der Waals surface area contributed by atoms with Crippen LogP contribution in [0.4, 0.5) is 5.69 Å². The van der Waals surface area contributed by atoms with E-state index in [1.807, 2.05) is 25.9 Å². The Balaban J connectivity index is 3.32. The Labute approximate surface area is 71.8 Å². The second kappa shape index (κ2) is 2.97. The van der Waals surface area contributed by atoms with E-state index in [1.54, 1.807) is 11.7 Å². The number of aldehydes is 1. The van der Waals surface area contributed by atoms with E-state index in [9.17, 15) is 4.79 Å². The minimum Gasteiger partial charge on any atom is -0.374 e. The quantitative estimate of drug-likeness (QED) is 0.606. The third kappa shape index (κ3) is 1.20. The Morgan fingerprint density at radius 2 is 2.08 bits per heavy atom. The predicted molar refractivity (Wildman–Crippen MR) is 47.7 cm³/mol. The van der Waals surface area contributed by atoms with Gasteiger partial charge in [0, 0.05) is 21.1 Å². The number of carbonyl (C=O) groups excluding carboxylic acids is 1. The minimum absolute atomic E-state index is 0.623. The molecule has 12 heavy (non-hydrogen) atoms. The first-order valence-corrected chi connectivity index (χ1v) is 3.74. The fourth-order valence-corrected chi connectivity index (χ4v) is 1.35. The monoisotopic (exact) mass is 167 g/mol. The van der Waals surface area contributed by atoms with Gasteiger partial charge in [0.1, 0.15) is 5.69 Å². The molecule has 1 rings (SSSR count). The van der Waals surface area contributed by atoms with Crippen LogP contribution in [-0.4, -0.2) is 30.2 Å². The summed E-state index contributed by atoms with van der Waals surface area (Å²) in [6, 6.07) is 0. The predicted octanol–water partition coefficient (Wildman–Crippen LogP) is 0.607. The SMILES string of the molecule is Cc1nn(C)c(C=O)c1N(C)C. The maximum Gasteiger partial charge on any atom is 0.170 e. The van der Waals surface area contributed by atoms with Crippen LogP contribution in [0.5, 0.6) is 0 Å². The summed E-state index contributed by atoms with van der Waals surface area (Å²) in [6.07, 6.45) is 0.829. The fraction of sp³-hybridized carbons (Fsp3) is 0.500. The van der Waals surface area contributed by atoms with Gasteiger partial charge in [-0.05, 0) is 6.92 Å². The highest BCUT2D eigenvalue weighted by Gasteiger charge is 2.13. The molecule has 0 spiro atoms. The highest BCUT2D eigenvalue weighted by Crippen LogP contribution is 2.20. The third-order valence-corrected chi connectivity index (χ3v) is 1.79. The molecule has 1 heterocycles. The van der Waals surface area contributed by atoms with Gasteiger partial charge < -0.3 is 4.90 Å². The lowest BCUT2D eigenvalue weighted by atomic mass is 10.3. The molecule has 0 bridgehead atoms.